The molecule has 0 aliphatic heterocycles. The molecule has 0 bridgehead atoms. The van der Waals surface area contributed by atoms with Crippen LogP contribution < -0.4 is 16.2 Å². The first-order valence-corrected chi connectivity index (χ1v) is 6.66. The molecule has 5 heteroatoms. The summed E-state index contributed by atoms with van der Waals surface area (Å²) in [5.74, 6) is 0.439. The second-order valence-corrected chi connectivity index (χ2v) is 5.13. The third-order valence-corrected chi connectivity index (χ3v) is 2.95. The van der Waals surface area contributed by atoms with Gasteiger partial charge in [-0.05, 0) is 38.3 Å². The van der Waals surface area contributed by atoms with Gasteiger partial charge in [-0.25, -0.2) is 0 Å². The number of carbonyl (C=O) groups excluding carboxylic acids is 1. The lowest BCUT2D eigenvalue weighted by molar-refractivity contribution is -0.122. The number of hydrogen-bond acceptors (Lipinski definition) is 3. The van der Waals surface area contributed by atoms with Crippen LogP contribution in [-0.2, 0) is 4.79 Å². The van der Waals surface area contributed by atoms with E-state index in [2.05, 4.69) is 15.6 Å². The van der Waals surface area contributed by atoms with Gasteiger partial charge in [0.25, 0.3) is 5.56 Å². The molecule has 0 saturated carbocycles. The van der Waals surface area contributed by atoms with Crippen LogP contribution in [0, 0.1) is 0 Å². The Morgan fingerprint density at radius 1 is 1.20 bits per heavy atom. The van der Waals surface area contributed by atoms with Crippen molar-refractivity contribution >= 4 is 22.5 Å². The third-order valence-electron chi connectivity index (χ3n) is 2.95. The molecule has 1 heterocycles. The highest BCUT2D eigenvalue weighted by atomic mass is 16.2. The van der Waals surface area contributed by atoms with E-state index in [-0.39, 0.29) is 17.5 Å². The molecule has 3 N–H and O–H groups in total. The number of hydrogen-bond donors (Lipinski definition) is 3. The Labute approximate surface area is 117 Å². The molecule has 0 radical (unpaired) electrons. The molecule has 20 heavy (non-hydrogen) atoms. The zero-order valence-corrected chi connectivity index (χ0v) is 11.9. The lowest BCUT2D eigenvalue weighted by atomic mass is 10.1. The molecule has 0 spiro atoms. The van der Waals surface area contributed by atoms with Crippen molar-refractivity contribution < 1.29 is 4.79 Å². The number of amides is 1. The summed E-state index contributed by atoms with van der Waals surface area (Å²) in [6.45, 7) is 5.57. The number of carbonyl (C=O) groups is 1. The first kappa shape index (κ1) is 14.1. The Morgan fingerprint density at radius 3 is 2.60 bits per heavy atom. The Morgan fingerprint density at radius 2 is 1.90 bits per heavy atom. The van der Waals surface area contributed by atoms with Crippen LogP contribution in [0.25, 0.3) is 10.8 Å². The summed E-state index contributed by atoms with van der Waals surface area (Å²) in [6, 6.07) is 8.83. The number of aromatic nitrogens is 1. The van der Waals surface area contributed by atoms with Gasteiger partial charge in [0.15, 0.2) is 0 Å². The number of rotatable bonds is 4. The van der Waals surface area contributed by atoms with Crippen LogP contribution in [0.15, 0.2) is 35.1 Å². The highest BCUT2D eigenvalue weighted by molar-refractivity contribution is 5.86. The average molecular weight is 273 g/mol. The van der Waals surface area contributed by atoms with Crippen molar-refractivity contribution in [3.63, 3.8) is 0 Å². The number of fused-ring (bicyclic) bond motifs is 1. The highest BCUT2D eigenvalue weighted by Gasteiger charge is 2.14. The largest absolute Gasteiger partial charge is 0.360 e. The normalized spacial score (nSPS) is 12.4. The topological polar surface area (TPSA) is 74.0 Å². The summed E-state index contributed by atoms with van der Waals surface area (Å²) < 4.78 is 0. The molecular formula is C15H19N3O2. The maximum atomic E-state index is 11.9. The van der Waals surface area contributed by atoms with Crippen molar-refractivity contribution in [2.24, 2.45) is 0 Å². The number of aromatic amines is 1. The van der Waals surface area contributed by atoms with Gasteiger partial charge in [-0.15, -0.1) is 0 Å². The molecule has 0 aliphatic carbocycles. The number of H-pyrrole nitrogens is 1. The fraction of sp³-hybridized carbons (Fsp3) is 0.333. The maximum absolute atomic E-state index is 11.9. The van der Waals surface area contributed by atoms with Crippen LogP contribution in [0.5, 0.6) is 0 Å². The van der Waals surface area contributed by atoms with E-state index in [9.17, 15) is 9.59 Å². The van der Waals surface area contributed by atoms with Crippen LogP contribution in [0.2, 0.25) is 0 Å². The number of pyridine rings is 1. The molecule has 2 aromatic rings. The molecule has 0 saturated heterocycles. The molecule has 1 aromatic heterocycles. The maximum Gasteiger partial charge on any atom is 0.257 e. The molecule has 1 atom stereocenters. The van der Waals surface area contributed by atoms with Crippen molar-refractivity contribution in [1.82, 2.24) is 10.3 Å². The summed E-state index contributed by atoms with van der Waals surface area (Å²) in [5, 5.41) is 7.31. The Kier molecular flexibility index (Phi) is 4.08. The monoisotopic (exact) mass is 273 g/mol. The van der Waals surface area contributed by atoms with E-state index in [0.717, 1.165) is 5.39 Å². The fourth-order valence-electron chi connectivity index (χ4n) is 2.00. The Balaban J connectivity index is 2.22. The summed E-state index contributed by atoms with van der Waals surface area (Å²) in [7, 11) is 0. The van der Waals surface area contributed by atoms with E-state index < -0.39 is 6.04 Å². The van der Waals surface area contributed by atoms with Gasteiger partial charge in [0, 0.05) is 11.4 Å². The van der Waals surface area contributed by atoms with Crippen LogP contribution in [0.4, 0.5) is 5.82 Å². The van der Waals surface area contributed by atoms with Gasteiger partial charge < -0.3 is 15.6 Å². The molecule has 1 amide bonds. The summed E-state index contributed by atoms with van der Waals surface area (Å²) >= 11 is 0. The lowest BCUT2D eigenvalue weighted by Crippen LogP contribution is -2.41. The first-order valence-electron chi connectivity index (χ1n) is 6.66. The molecule has 1 aromatic carbocycles. The molecule has 2 rings (SSSR count). The smallest absolute Gasteiger partial charge is 0.257 e. The van der Waals surface area contributed by atoms with Crippen LogP contribution >= 0.6 is 0 Å². The van der Waals surface area contributed by atoms with Crippen LogP contribution in [0.1, 0.15) is 20.8 Å². The SMILES string of the molecule is CC(C)NC(=O)C(C)Nc1cc2ccccc2c(=O)[nH]1. The van der Waals surface area contributed by atoms with Crippen LogP contribution in [0.3, 0.4) is 0 Å². The number of nitrogens with one attached hydrogen (secondary N) is 3. The Hall–Kier alpha value is -2.30. The minimum absolute atomic E-state index is 0.0856. The summed E-state index contributed by atoms with van der Waals surface area (Å²) in [6.07, 6.45) is 0. The van der Waals surface area contributed by atoms with E-state index in [1.165, 1.54) is 0 Å². The van der Waals surface area contributed by atoms with Crippen molar-refractivity contribution in [3.8, 4) is 0 Å². The predicted octanol–water partition coefficient (Wildman–Crippen LogP) is 1.85. The van der Waals surface area contributed by atoms with Gasteiger partial charge in [-0.3, -0.25) is 9.59 Å². The van der Waals surface area contributed by atoms with Gasteiger partial charge in [0.05, 0.1) is 0 Å². The second kappa shape index (κ2) is 5.77. The molecule has 1 unspecified atom stereocenters. The minimum Gasteiger partial charge on any atom is -0.360 e. The van der Waals surface area contributed by atoms with E-state index in [0.29, 0.717) is 11.2 Å². The molecule has 106 valence electrons. The predicted molar refractivity (Wildman–Crippen MR) is 80.9 cm³/mol. The van der Waals surface area contributed by atoms with Gasteiger partial charge in [0.1, 0.15) is 11.9 Å². The quantitative estimate of drug-likeness (QED) is 0.796. The first-order chi connectivity index (χ1) is 9.47. The van der Waals surface area contributed by atoms with Gasteiger partial charge >= 0.3 is 0 Å². The van der Waals surface area contributed by atoms with E-state index in [1.54, 1.807) is 13.0 Å². The van der Waals surface area contributed by atoms with Gasteiger partial charge in [-0.1, -0.05) is 18.2 Å². The number of benzene rings is 1. The van der Waals surface area contributed by atoms with Crippen LogP contribution in [-0.4, -0.2) is 23.0 Å². The van der Waals surface area contributed by atoms with E-state index in [1.807, 2.05) is 38.1 Å². The molecule has 5 nitrogen and oxygen atoms in total. The van der Waals surface area contributed by atoms with Crippen molar-refractivity contribution in [2.45, 2.75) is 32.9 Å². The van der Waals surface area contributed by atoms with Crippen molar-refractivity contribution in [1.29, 1.82) is 0 Å². The Bertz CT molecular complexity index is 676. The van der Waals surface area contributed by atoms with E-state index in [4.69, 9.17) is 0 Å². The second-order valence-electron chi connectivity index (χ2n) is 5.13. The minimum atomic E-state index is -0.422. The van der Waals surface area contributed by atoms with Gasteiger partial charge in [-0.2, -0.15) is 0 Å². The number of anilines is 1. The van der Waals surface area contributed by atoms with Crippen molar-refractivity contribution in [2.75, 3.05) is 5.32 Å². The van der Waals surface area contributed by atoms with E-state index >= 15 is 0 Å². The molecule has 0 aliphatic rings. The van der Waals surface area contributed by atoms with Crippen molar-refractivity contribution in [3.05, 3.63) is 40.7 Å². The molecule has 0 fully saturated rings. The van der Waals surface area contributed by atoms with Gasteiger partial charge in [0.2, 0.25) is 5.91 Å². The molecular weight excluding hydrogens is 254 g/mol. The average Bonchev–Trinajstić information content (AvgIpc) is 2.38. The lowest BCUT2D eigenvalue weighted by Gasteiger charge is -2.17. The zero-order chi connectivity index (χ0) is 14.7. The standard InChI is InChI=1S/C15H19N3O2/c1-9(2)16-14(19)10(3)17-13-8-11-6-4-5-7-12(11)15(20)18-13/h4-10H,1-3H3,(H,16,19)(H2,17,18,20). The zero-order valence-electron chi connectivity index (χ0n) is 11.9. The summed E-state index contributed by atoms with van der Waals surface area (Å²) in [4.78, 5) is 26.5. The summed E-state index contributed by atoms with van der Waals surface area (Å²) in [5.41, 5.74) is -0.165. The fourth-order valence-corrected chi connectivity index (χ4v) is 2.00. The highest BCUT2D eigenvalue weighted by Crippen LogP contribution is 2.13. The third kappa shape index (κ3) is 3.17.